The van der Waals surface area contributed by atoms with Crippen LogP contribution in [0.15, 0.2) is 35.3 Å². The van der Waals surface area contributed by atoms with E-state index in [0.717, 1.165) is 5.52 Å². The van der Waals surface area contributed by atoms with E-state index in [0.29, 0.717) is 29.9 Å². The number of amides is 1. The minimum absolute atomic E-state index is 0.113. The van der Waals surface area contributed by atoms with Gasteiger partial charge in [-0.1, -0.05) is 18.5 Å². The van der Waals surface area contributed by atoms with Gasteiger partial charge in [-0.2, -0.15) is 5.26 Å². The first kappa shape index (κ1) is 20.8. The second-order valence-electron chi connectivity index (χ2n) is 7.65. The van der Waals surface area contributed by atoms with Gasteiger partial charge in [0.2, 0.25) is 0 Å². The van der Waals surface area contributed by atoms with Crippen molar-refractivity contribution in [3.05, 3.63) is 51.7 Å². The molecular formula is C21H21ClN6O3. The van der Waals surface area contributed by atoms with Crippen LogP contribution in [0.1, 0.15) is 18.9 Å². The van der Waals surface area contributed by atoms with Crippen molar-refractivity contribution in [2.75, 3.05) is 18.9 Å². The summed E-state index contributed by atoms with van der Waals surface area (Å²) in [7, 11) is 3.39. The van der Waals surface area contributed by atoms with Gasteiger partial charge in [-0.3, -0.25) is 9.13 Å². The number of hydrogen-bond acceptors (Lipinski definition) is 6. The van der Waals surface area contributed by atoms with E-state index in [-0.39, 0.29) is 23.0 Å². The molecule has 0 saturated carbocycles. The first-order chi connectivity index (χ1) is 14.8. The Bertz CT molecular complexity index is 1290. The van der Waals surface area contributed by atoms with E-state index in [1.54, 1.807) is 29.3 Å². The smallest absolute Gasteiger partial charge is 0.410 e. The molecule has 1 unspecified atom stereocenters. The van der Waals surface area contributed by atoms with Crippen molar-refractivity contribution >= 4 is 40.1 Å². The normalized spacial score (nSPS) is 18.3. The number of halogens is 1. The maximum Gasteiger partial charge on any atom is 0.410 e. The van der Waals surface area contributed by atoms with Crippen molar-refractivity contribution < 1.29 is 9.53 Å². The highest BCUT2D eigenvalue weighted by atomic mass is 35.5. The number of aromatic nitrogens is 3. The van der Waals surface area contributed by atoms with Crippen LogP contribution in [0, 0.1) is 11.3 Å². The van der Waals surface area contributed by atoms with Crippen molar-refractivity contribution in [2.24, 2.45) is 7.05 Å². The average molecular weight is 441 g/mol. The van der Waals surface area contributed by atoms with Crippen molar-refractivity contribution in [2.45, 2.75) is 25.5 Å². The lowest BCUT2D eigenvalue weighted by Gasteiger charge is -2.25. The number of nitriles is 1. The molecule has 4 rings (SSSR count). The van der Waals surface area contributed by atoms with Gasteiger partial charge in [-0.25, -0.2) is 14.6 Å². The quantitative estimate of drug-likeness (QED) is 0.610. The SMILES string of the molecule is CCC1(Cn2c(=O)n(C)c3ccc(Nc4ccnc(Cl)c4C#N)cc32)CN(C)C(=O)O1. The van der Waals surface area contributed by atoms with Gasteiger partial charge in [0.05, 0.1) is 29.8 Å². The van der Waals surface area contributed by atoms with E-state index in [1.165, 1.54) is 11.1 Å². The maximum absolute atomic E-state index is 13.0. The predicted octanol–water partition coefficient (Wildman–Crippen LogP) is 3.23. The minimum atomic E-state index is -0.778. The lowest BCUT2D eigenvalue weighted by Crippen LogP contribution is -2.41. The summed E-state index contributed by atoms with van der Waals surface area (Å²) >= 11 is 6.02. The Morgan fingerprint density at radius 3 is 2.71 bits per heavy atom. The van der Waals surface area contributed by atoms with Gasteiger partial charge in [0.1, 0.15) is 22.4 Å². The number of anilines is 2. The number of nitrogens with zero attached hydrogens (tertiary/aromatic N) is 5. The number of ether oxygens (including phenoxy) is 1. The number of rotatable bonds is 5. The number of imidazole rings is 1. The van der Waals surface area contributed by atoms with Crippen molar-refractivity contribution in [1.82, 2.24) is 19.0 Å². The van der Waals surface area contributed by atoms with Crippen LogP contribution in [-0.4, -0.2) is 44.3 Å². The molecule has 1 amide bonds. The van der Waals surface area contributed by atoms with Crippen LogP contribution >= 0.6 is 11.6 Å². The summed E-state index contributed by atoms with van der Waals surface area (Å²) in [5, 5.41) is 12.7. The lowest BCUT2D eigenvalue weighted by molar-refractivity contribution is 0.0391. The summed E-state index contributed by atoms with van der Waals surface area (Å²) in [5.74, 6) is 0. The monoisotopic (exact) mass is 440 g/mol. The fourth-order valence-corrected chi connectivity index (χ4v) is 4.10. The van der Waals surface area contributed by atoms with Crippen molar-refractivity contribution in [1.29, 1.82) is 5.26 Å². The molecule has 3 heterocycles. The Kier molecular flexibility index (Phi) is 5.11. The summed E-state index contributed by atoms with van der Waals surface area (Å²) in [4.78, 5) is 30.4. The van der Waals surface area contributed by atoms with Crippen LogP contribution in [-0.2, 0) is 18.3 Å². The van der Waals surface area contributed by atoms with Gasteiger partial charge in [0, 0.05) is 26.0 Å². The number of fused-ring (bicyclic) bond motifs is 1. The number of benzene rings is 1. The topological polar surface area (TPSA) is 105 Å². The average Bonchev–Trinajstić information content (AvgIpc) is 3.16. The molecule has 1 atom stereocenters. The van der Waals surface area contributed by atoms with Gasteiger partial charge in [-0.05, 0) is 30.7 Å². The fourth-order valence-electron chi connectivity index (χ4n) is 3.90. The maximum atomic E-state index is 13.0. The van der Waals surface area contributed by atoms with Gasteiger partial charge in [0.15, 0.2) is 0 Å². The zero-order chi connectivity index (χ0) is 22.3. The standard InChI is InChI=1S/C21H21ClN6O3/c1-4-21(11-26(2)20(30)31-21)12-28-17-9-13(5-6-16(17)27(3)19(28)29)25-15-7-8-24-18(22)14(15)10-23/h5-9H,4,11-12H2,1-3H3,(H,24,25). The number of cyclic esters (lactones) is 1. The first-order valence-electron chi connectivity index (χ1n) is 9.73. The van der Waals surface area contributed by atoms with E-state index in [4.69, 9.17) is 16.3 Å². The highest BCUT2D eigenvalue weighted by Gasteiger charge is 2.43. The Morgan fingerprint density at radius 2 is 2.06 bits per heavy atom. The van der Waals surface area contributed by atoms with Crippen LogP contribution in [0.25, 0.3) is 11.0 Å². The van der Waals surface area contributed by atoms with E-state index in [9.17, 15) is 14.9 Å². The second-order valence-corrected chi connectivity index (χ2v) is 8.01. The molecule has 1 aliphatic heterocycles. The molecule has 0 radical (unpaired) electrons. The molecule has 1 aliphatic rings. The highest BCUT2D eigenvalue weighted by molar-refractivity contribution is 6.31. The molecular weight excluding hydrogens is 420 g/mol. The number of nitrogens with one attached hydrogen (secondary N) is 1. The second kappa shape index (κ2) is 7.63. The van der Waals surface area contributed by atoms with Gasteiger partial charge in [-0.15, -0.1) is 0 Å². The summed E-state index contributed by atoms with van der Waals surface area (Å²) in [6, 6.07) is 9.18. The van der Waals surface area contributed by atoms with Gasteiger partial charge in [0.25, 0.3) is 0 Å². The molecule has 1 saturated heterocycles. The van der Waals surface area contributed by atoms with Crippen LogP contribution in [0.5, 0.6) is 0 Å². The van der Waals surface area contributed by atoms with Crippen LogP contribution in [0.2, 0.25) is 5.15 Å². The molecule has 1 fully saturated rings. The minimum Gasteiger partial charge on any atom is -0.439 e. The molecule has 0 spiro atoms. The van der Waals surface area contributed by atoms with Crippen LogP contribution in [0.3, 0.4) is 0 Å². The molecule has 9 nitrogen and oxygen atoms in total. The zero-order valence-corrected chi connectivity index (χ0v) is 18.1. The Hall–Kier alpha value is -3.51. The number of pyridine rings is 1. The number of likely N-dealkylation sites (N-methyl/N-ethyl adjacent to an activating group) is 1. The summed E-state index contributed by atoms with van der Waals surface area (Å²) < 4.78 is 8.83. The van der Waals surface area contributed by atoms with E-state index in [1.807, 2.05) is 31.2 Å². The molecule has 10 heteroatoms. The summed E-state index contributed by atoms with van der Waals surface area (Å²) in [5.41, 5.74) is 1.89. The van der Waals surface area contributed by atoms with E-state index in [2.05, 4.69) is 10.3 Å². The number of hydrogen-bond donors (Lipinski definition) is 1. The molecule has 0 aliphatic carbocycles. The molecule has 3 aromatic rings. The molecule has 1 aromatic carbocycles. The van der Waals surface area contributed by atoms with E-state index >= 15 is 0 Å². The zero-order valence-electron chi connectivity index (χ0n) is 17.3. The van der Waals surface area contributed by atoms with Crippen molar-refractivity contribution in [3.8, 4) is 6.07 Å². The third kappa shape index (κ3) is 3.49. The number of aryl methyl sites for hydroxylation is 1. The summed E-state index contributed by atoms with van der Waals surface area (Å²) in [6.07, 6.45) is 1.69. The summed E-state index contributed by atoms with van der Waals surface area (Å²) in [6.45, 7) is 2.58. The number of carbonyl (C=O) groups is 1. The largest absolute Gasteiger partial charge is 0.439 e. The first-order valence-corrected chi connectivity index (χ1v) is 10.1. The van der Waals surface area contributed by atoms with Crippen LogP contribution < -0.4 is 11.0 Å². The van der Waals surface area contributed by atoms with E-state index < -0.39 is 11.7 Å². The van der Waals surface area contributed by atoms with Gasteiger partial charge < -0.3 is 15.0 Å². The van der Waals surface area contributed by atoms with Crippen LogP contribution in [0.4, 0.5) is 16.2 Å². The Labute approximate surface area is 183 Å². The lowest BCUT2D eigenvalue weighted by atomic mass is 10.0. The molecule has 31 heavy (non-hydrogen) atoms. The highest BCUT2D eigenvalue weighted by Crippen LogP contribution is 2.30. The number of carbonyl (C=O) groups excluding carboxylic acids is 1. The van der Waals surface area contributed by atoms with Gasteiger partial charge >= 0.3 is 11.8 Å². The molecule has 1 N–H and O–H groups in total. The predicted molar refractivity (Wildman–Crippen MR) is 117 cm³/mol. The molecule has 0 bridgehead atoms. The Balaban J connectivity index is 1.77. The Morgan fingerprint density at radius 1 is 1.29 bits per heavy atom. The fraction of sp³-hybridized carbons (Fsp3) is 0.333. The third-order valence-corrected chi connectivity index (χ3v) is 5.96. The molecule has 2 aromatic heterocycles. The van der Waals surface area contributed by atoms with Crippen molar-refractivity contribution in [3.63, 3.8) is 0 Å². The molecule has 160 valence electrons. The third-order valence-electron chi connectivity index (χ3n) is 5.67.